The maximum atomic E-state index is 5.43. The maximum absolute atomic E-state index is 5.43. The second-order valence-corrected chi connectivity index (χ2v) is 6.19. The van der Waals surface area contributed by atoms with Gasteiger partial charge in [0.25, 0.3) is 0 Å². The molecule has 0 aliphatic carbocycles. The van der Waals surface area contributed by atoms with Crippen molar-refractivity contribution in [2.45, 2.75) is 38.8 Å². The Morgan fingerprint density at radius 1 is 1.37 bits per heavy atom. The highest BCUT2D eigenvalue weighted by Crippen LogP contribution is 2.32. The van der Waals surface area contributed by atoms with E-state index >= 15 is 0 Å². The van der Waals surface area contributed by atoms with Gasteiger partial charge in [-0.25, -0.2) is 0 Å². The fourth-order valence-corrected chi connectivity index (χ4v) is 3.72. The zero-order valence-electron chi connectivity index (χ0n) is 11.4. The van der Waals surface area contributed by atoms with Crippen molar-refractivity contribution in [3.63, 3.8) is 0 Å². The minimum Gasteiger partial charge on any atom is -0.381 e. The quantitative estimate of drug-likeness (QED) is 0.899. The van der Waals surface area contributed by atoms with E-state index < -0.39 is 0 Å². The van der Waals surface area contributed by atoms with Crippen LogP contribution < -0.4 is 5.32 Å². The lowest BCUT2D eigenvalue weighted by molar-refractivity contribution is 0.0555. The molecule has 6 heteroatoms. The Labute approximate surface area is 117 Å². The lowest BCUT2D eigenvalue weighted by atomic mass is 9.93. The molecule has 1 N–H and O–H groups in total. The number of hydrogen-bond acceptors (Lipinski definition) is 5. The van der Waals surface area contributed by atoms with Gasteiger partial charge in [-0.1, -0.05) is 16.9 Å². The average molecular weight is 281 g/mol. The van der Waals surface area contributed by atoms with E-state index in [4.69, 9.17) is 9.26 Å². The molecule has 104 valence electrons. The summed E-state index contributed by atoms with van der Waals surface area (Å²) in [4.78, 5) is 4.66. The Hall–Kier alpha value is -1.01. The van der Waals surface area contributed by atoms with Crippen molar-refractivity contribution in [2.75, 3.05) is 19.0 Å². The third kappa shape index (κ3) is 2.65. The number of aromatic nitrogens is 1. The smallest absolute Gasteiger partial charge is 0.157 e. The molecule has 5 nitrogen and oxygen atoms in total. The Kier molecular flexibility index (Phi) is 3.54. The van der Waals surface area contributed by atoms with E-state index in [1.54, 1.807) is 0 Å². The highest BCUT2D eigenvalue weighted by molar-refractivity contribution is 8.14. The molecule has 0 bridgehead atoms. The van der Waals surface area contributed by atoms with Gasteiger partial charge in [0.15, 0.2) is 5.17 Å². The molecule has 1 aromatic rings. The SMILES string of the molecule is Cc1noc(C)c1CN=C1NC2(CCOCC2)CS1. The number of amidine groups is 1. The van der Waals surface area contributed by atoms with Crippen molar-refractivity contribution in [1.29, 1.82) is 0 Å². The summed E-state index contributed by atoms with van der Waals surface area (Å²) < 4.78 is 10.6. The van der Waals surface area contributed by atoms with Gasteiger partial charge >= 0.3 is 0 Å². The summed E-state index contributed by atoms with van der Waals surface area (Å²) >= 11 is 1.81. The molecule has 2 aliphatic rings. The normalized spacial score (nSPS) is 24.0. The van der Waals surface area contributed by atoms with E-state index in [-0.39, 0.29) is 5.54 Å². The molecule has 2 saturated heterocycles. The molecule has 0 aromatic carbocycles. The van der Waals surface area contributed by atoms with Crippen molar-refractivity contribution >= 4 is 16.9 Å². The van der Waals surface area contributed by atoms with Crippen LogP contribution in [0.25, 0.3) is 0 Å². The standard InChI is InChI=1S/C13H19N3O2S/c1-9-11(10(2)18-16-9)7-14-12-15-13(8-19-12)3-5-17-6-4-13/h3-8H2,1-2H3,(H,14,15). The van der Waals surface area contributed by atoms with Gasteiger partial charge in [0.1, 0.15) is 5.76 Å². The van der Waals surface area contributed by atoms with Crippen LogP contribution in [0.5, 0.6) is 0 Å². The van der Waals surface area contributed by atoms with Gasteiger partial charge in [-0.05, 0) is 26.7 Å². The highest BCUT2D eigenvalue weighted by Gasteiger charge is 2.38. The first-order chi connectivity index (χ1) is 9.19. The number of rotatable bonds is 2. The molecule has 1 spiro atoms. The summed E-state index contributed by atoms with van der Waals surface area (Å²) in [5, 5.41) is 8.59. The lowest BCUT2D eigenvalue weighted by Crippen LogP contribution is -2.48. The van der Waals surface area contributed by atoms with Crippen LogP contribution in [-0.2, 0) is 11.3 Å². The van der Waals surface area contributed by atoms with Gasteiger partial charge in [-0.2, -0.15) is 0 Å². The van der Waals surface area contributed by atoms with Gasteiger partial charge < -0.3 is 14.6 Å². The van der Waals surface area contributed by atoms with Crippen LogP contribution in [0.2, 0.25) is 0 Å². The third-order valence-electron chi connectivity index (χ3n) is 3.87. The molecule has 1 aromatic heterocycles. The molecule has 0 amide bonds. The Morgan fingerprint density at radius 3 is 2.84 bits per heavy atom. The monoisotopic (exact) mass is 281 g/mol. The van der Waals surface area contributed by atoms with E-state index in [9.17, 15) is 0 Å². The van der Waals surface area contributed by atoms with Crippen molar-refractivity contribution in [1.82, 2.24) is 10.5 Å². The molecule has 2 fully saturated rings. The molecule has 19 heavy (non-hydrogen) atoms. The molecule has 3 rings (SSSR count). The summed E-state index contributed by atoms with van der Waals surface area (Å²) in [6.07, 6.45) is 2.15. The van der Waals surface area contributed by atoms with Crippen molar-refractivity contribution < 1.29 is 9.26 Å². The van der Waals surface area contributed by atoms with Crippen LogP contribution in [-0.4, -0.2) is 34.8 Å². The first-order valence-corrected chi connectivity index (χ1v) is 7.62. The first kappa shape index (κ1) is 13.0. The van der Waals surface area contributed by atoms with E-state index in [1.807, 2.05) is 25.6 Å². The number of thioether (sulfide) groups is 1. The average Bonchev–Trinajstić information content (AvgIpc) is 2.94. The van der Waals surface area contributed by atoms with Gasteiger partial charge in [-0.15, -0.1) is 0 Å². The molecule has 0 saturated carbocycles. The summed E-state index contributed by atoms with van der Waals surface area (Å²) in [5.74, 6) is 1.96. The predicted octanol–water partition coefficient (Wildman–Crippen LogP) is 2.03. The molecule has 2 aliphatic heterocycles. The van der Waals surface area contributed by atoms with E-state index in [1.165, 1.54) is 0 Å². The van der Waals surface area contributed by atoms with Crippen molar-refractivity contribution in [3.8, 4) is 0 Å². The second-order valence-electron chi connectivity index (χ2n) is 5.23. The maximum Gasteiger partial charge on any atom is 0.157 e. The van der Waals surface area contributed by atoms with Gasteiger partial charge in [0.05, 0.1) is 17.8 Å². The molecule has 0 atom stereocenters. The summed E-state index contributed by atoms with van der Waals surface area (Å²) in [6.45, 7) is 6.24. The Bertz CT molecular complexity index is 473. The number of nitrogens with zero attached hydrogens (tertiary/aromatic N) is 2. The highest BCUT2D eigenvalue weighted by atomic mass is 32.2. The van der Waals surface area contributed by atoms with E-state index in [0.29, 0.717) is 6.54 Å². The van der Waals surface area contributed by atoms with E-state index in [2.05, 4.69) is 15.5 Å². The van der Waals surface area contributed by atoms with Crippen LogP contribution in [0.15, 0.2) is 9.52 Å². The number of nitrogens with one attached hydrogen (secondary N) is 1. The fourth-order valence-electron chi connectivity index (χ4n) is 2.50. The predicted molar refractivity (Wildman–Crippen MR) is 75.5 cm³/mol. The summed E-state index contributed by atoms with van der Waals surface area (Å²) in [5.41, 5.74) is 2.24. The van der Waals surface area contributed by atoms with Crippen LogP contribution in [0.1, 0.15) is 29.9 Å². The van der Waals surface area contributed by atoms with Crippen molar-refractivity contribution in [2.24, 2.45) is 4.99 Å². The summed E-state index contributed by atoms with van der Waals surface area (Å²) in [6, 6.07) is 0. The number of aliphatic imine (C=N–C) groups is 1. The zero-order chi connectivity index (χ0) is 13.3. The molecule has 0 radical (unpaired) electrons. The topological polar surface area (TPSA) is 59.7 Å². The zero-order valence-corrected chi connectivity index (χ0v) is 12.2. The summed E-state index contributed by atoms with van der Waals surface area (Å²) in [7, 11) is 0. The minimum atomic E-state index is 0.209. The molecular weight excluding hydrogens is 262 g/mol. The number of ether oxygens (including phenoxy) is 1. The van der Waals surface area contributed by atoms with Crippen LogP contribution in [0.3, 0.4) is 0 Å². The molecule has 3 heterocycles. The van der Waals surface area contributed by atoms with Crippen LogP contribution in [0.4, 0.5) is 0 Å². The molecule has 0 unspecified atom stereocenters. The second kappa shape index (κ2) is 5.17. The largest absolute Gasteiger partial charge is 0.381 e. The Balaban J connectivity index is 1.66. The lowest BCUT2D eigenvalue weighted by Gasteiger charge is -2.32. The van der Waals surface area contributed by atoms with Crippen LogP contribution in [0, 0.1) is 13.8 Å². The first-order valence-electron chi connectivity index (χ1n) is 6.63. The molecular formula is C13H19N3O2S. The van der Waals surface area contributed by atoms with E-state index in [0.717, 1.165) is 54.0 Å². The van der Waals surface area contributed by atoms with Gasteiger partial charge in [0, 0.05) is 24.5 Å². The minimum absolute atomic E-state index is 0.209. The van der Waals surface area contributed by atoms with Crippen LogP contribution >= 0.6 is 11.8 Å². The van der Waals surface area contributed by atoms with Crippen molar-refractivity contribution in [3.05, 3.63) is 17.0 Å². The number of aryl methyl sites for hydroxylation is 2. The van der Waals surface area contributed by atoms with Gasteiger partial charge in [-0.3, -0.25) is 4.99 Å². The fraction of sp³-hybridized carbons (Fsp3) is 0.692. The Morgan fingerprint density at radius 2 is 2.16 bits per heavy atom. The van der Waals surface area contributed by atoms with Gasteiger partial charge in [0.2, 0.25) is 0 Å². The third-order valence-corrected chi connectivity index (χ3v) is 5.07. The number of hydrogen-bond donors (Lipinski definition) is 1.